The van der Waals surface area contributed by atoms with Crippen LogP contribution in [0.5, 0.6) is 0 Å². The second kappa shape index (κ2) is 6.21. The molecule has 0 fully saturated rings. The first-order valence-electron chi connectivity index (χ1n) is 6.43. The molecule has 0 unspecified atom stereocenters. The number of nitrogens with zero attached hydrogens (tertiary/aromatic N) is 1. The minimum absolute atomic E-state index is 0.00991. The first-order chi connectivity index (χ1) is 10.3. The third-order valence-corrected chi connectivity index (χ3v) is 4.46. The number of carbonyl (C=O) groups is 1. The minimum Gasteiger partial charge on any atom is -0.462 e. The van der Waals surface area contributed by atoms with Crippen LogP contribution in [0.1, 0.15) is 22.8 Å². The second-order valence-corrected chi connectivity index (χ2v) is 5.73. The van der Waals surface area contributed by atoms with Gasteiger partial charge in [0.05, 0.1) is 17.5 Å². The number of fused-ring (bicyclic) bond motifs is 1. The van der Waals surface area contributed by atoms with Crippen LogP contribution in [-0.4, -0.2) is 22.2 Å². The predicted molar refractivity (Wildman–Crippen MR) is 88.2 cm³/mol. The molecular weight excluding hydrogens is 406 g/mol. The Kier molecular flexibility index (Phi) is 4.71. The number of aryl methyl sites for hydroxylation is 1. The fourth-order valence-corrected chi connectivity index (χ4v) is 2.83. The number of rotatable bonds is 3. The molecule has 0 aliphatic rings. The molecule has 0 spiro atoms. The zero-order valence-electron chi connectivity index (χ0n) is 11.9. The fourth-order valence-electron chi connectivity index (χ4n) is 2.29. The molecule has 1 heterocycles. The van der Waals surface area contributed by atoms with E-state index < -0.39 is 29.5 Å². The van der Waals surface area contributed by atoms with Gasteiger partial charge in [0.1, 0.15) is 23.9 Å². The molecule has 0 saturated carbocycles. The molecule has 3 N–H and O–H groups in total. The van der Waals surface area contributed by atoms with Crippen molar-refractivity contribution in [3.8, 4) is 0 Å². The molecule has 0 aliphatic carbocycles. The van der Waals surface area contributed by atoms with E-state index >= 15 is 0 Å². The van der Waals surface area contributed by atoms with Crippen LogP contribution in [0.4, 0.5) is 10.2 Å². The number of halogens is 2. The van der Waals surface area contributed by atoms with E-state index in [1.807, 2.05) is 22.6 Å². The van der Waals surface area contributed by atoms with Crippen LogP contribution in [0.15, 0.2) is 10.9 Å². The average Bonchev–Trinajstić information content (AvgIpc) is 2.45. The van der Waals surface area contributed by atoms with Gasteiger partial charge in [-0.15, -0.1) is 0 Å². The Labute approximate surface area is 138 Å². The second-order valence-electron chi connectivity index (χ2n) is 4.57. The highest BCUT2D eigenvalue weighted by Crippen LogP contribution is 2.27. The van der Waals surface area contributed by atoms with Crippen LogP contribution in [0, 0.1) is 16.3 Å². The topological polar surface area (TPSA) is 94.6 Å². The van der Waals surface area contributed by atoms with E-state index in [1.54, 1.807) is 13.8 Å². The summed E-state index contributed by atoms with van der Waals surface area (Å²) in [4.78, 5) is 24.6. The van der Waals surface area contributed by atoms with Crippen molar-refractivity contribution >= 4 is 45.3 Å². The summed E-state index contributed by atoms with van der Waals surface area (Å²) in [5.41, 5.74) is 5.06. The number of hydrogen-bond acceptors (Lipinski definition) is 5. The number of pyridine rings is 1. The van der Waals surface area contributed by atoms with Gasteiger partial charge in [0.2, 0.25) is 5.43 Å². The summed E-state index contributed by atoms with van der Waals surface area (Å²) in [6.45, 7) is 2.62. The third-order valence-electron chi connectivity index (χ3n) is 3.34. The Bertz CT molecular complexity index is 832. The Morgan fingerprint density at radius 3 is 2.73 bits per heavy atom. The molecule has 0 aliphatic heterocycles. The molecule has 0 saturated heterocycles. The fraction of sp³-hybridized carbons (Fsp3) is 0.286. The van der Waals surface area contributed by atoms with Crippen molar-refractivity contribution in [1.82, 2.24) is 4.57 Å². The first-order valence-corrected chi connectivity index (χ1v) is 7.51. The first kappa shape index (κ1) is 16.7. The molecule has 6 nitrogen and oxygen atoms in total. The van der Waals surface area contributed by atoms with Crippen LogP contribution in [0.25, 0.3) is 10.9 Å². The van der Waals surface area contributed by atoms with Crippen molar-refractivity contribution in [2.45, 2.75) is 20.6 Å². The van der Waals surface area contributed by atoms with E-state index in [2.05, 4.69) is 0 Å². The summed E-state index contributed by atoms with van der Waals surface area (Å²) in [7, 11) is 0. The van der Waals surface area contributed by atoms with Gasteiger partial charge in [-0.2, -0.15) is 0 Å². The number of aliphatic hydroxyl groups is 1. The number of nitrogens with two attached hydrogens (primary N) is 1. The molecule has 2 aromatic rings. The van der Waals surface area contributed by atoms with Gasteiger partial charge in [-0.1, -0.05) is 0 Å². The van der Waals surface area contributed by atoms with E-state index in [-0.39, 0.29) is 23.3 Å². The predicted octanol–water partition coefficient (Wildman–Crippen LogP) is 1.76. The van der Waals surface area contributed by atoms with E-state index in [1.165, 1.54) is 6.07 Å². The molecule has 22 heavy (non-hydrogen) atoms. The lowest BCUT2D eigenvalue weighted by Crippen LogP contribution is -2.26. The van der Waals surface area contributed by atoms with Gasteiger partial charge in [0, 0.05) is 3.57 Å². The molecule has 2 rings (SSSR count). The van der Waals surface area contributed by atoms with Crippen molar-refractivity contribution in [2.75, 3.05) is 12.3 Å². The number of benzene rings is 1. The zero-order valence-corrected chi connectivity index (χ0v) is 14.1. The molecule has 118 valence electrons. The van der Waals surface area contributed by atoms with Crippen LogP contribution < -0.4 is 11.2 Å². The van der Waals surface area contributed by atoms with Crippen LogP contribution in [-0.2, 0) is 11.5 Å². The van der Waals surface area contributed by atoms with Crippen molar-refractivity contribution in [3.05, 3.63) is 36.8 Å². The molecule has 0 atom stereocenters. The average molecular weight is 420 g/mol. The van der Waals surface area contributed by atoms with Crippen molar-refractivity contribution in [2.24, 2.45) is 0 Å². The van der Waals surface area contributed by atoms with Crippen molar-refractivity contribution in [1.29, 1.82) is 0 Å². The maximum Gasteiger partial charge on any atom is 0.345 e. The molecule has 0 bridgehead atoms. The number of aliphatic hydroxyl groups excluding tert-OH is 1. The van der Waals surface area contributed by atoms with Crippen molar-refractivity contribution in [3.63, 3.8) is 0 Å². The van der Waals surface area contributed by atoms with Crippen molar-refractivity contribution < 1.29 is 19.0 Å². The summed E-state index contributed by atoms with van der Waals surface area (Å²) >= 11 is 1.89. The summed E-state index contributed by atoms with van der Waals surface area (Å²) in [5.74, 6) is -1.91. The highest BCUT2D eigenvalue weighted by Gasteiger charge is 2.25. The monoisotopic (exact) mass is 420 g/mol. The standard InChI is InChI=1S/C14H14FIN2O4/c1-3-22-14(21)10-12(20)9-6(2)8(16)4-7(15)11(9)18(5-19)13(10)17/h4,19H,3,5,17H2,1-2H3. The smallest absolute Gasteiger partial charge is 0.345 e. The molecular formula is C14H14FIN2O4. The van der Waals surface area contributed by atoms with Gasteiger partial charge in [0.25, 0.3) is 0 Å². The summed E-state index contributed by atoms with van der Waals surface area (Å²) in [5, 5.41) is 9.50. The highest BCUT2D eigenvalue weighted by molar-refractivity contribution is 14.1. The van der Waals surface area contributed by atoms with Crippen LogP contribution in [0.2, 0.25) is 0 Å². The minimum atomic E-state index is -0.896. The lowest BCUT2D eigenvalue weighted by Gasteiger charge is -2.17. The number of nitrogen functional groups attached to an aromatic ring is 1. The lowest BCUT2D eigenvalue weighted by atomic mass is 10.0. The maximum atomic E-state index is 14.3. The quantitative estimate of drug-likeness (QED) is 0.583. The summed E-state index contributed by atoms with van der Waals surface area (Å²) < 4.78 is 20.6. The van der Waals surface area contributed by atoms with E-state index in [9.17, 15) is 19.1 Å². The Morgan fingerprint density at radius 2 is 2.18 bits per heavy atom. The molecule has 0 amide bonds. The number of hydrogen-bond donors (Lipinski definition) is 2. The molecule has 1 aromatic carbocycles. The molecule has 8 heteroatoms. The normalized spacial score (nSPS) is 11.0. The van der Waals surface area contributed by atoms with Gasteiger partial charge in [0.15, 0.2) is 0 Å². The third kappa shape index (κ3) is 2.45. The van der Waals surface area contributed by atoms with Gasteiger partial charge in [-0.05, 0) is 48.1 Å². The Balaban J connectivity index is 3.06. The maximum absolute atomic E-state index is 14.3. The summed E-state index contributed by atoms with van der Waals surface area (Å²) in [6.07, 6.45) is 0. The van der Waals surface area contributed by atoms with Crippen LogP contribution in [0.3, 0.4) is 0 Å². The number of ether oxygens (including phenoxy) is 1. The molecule has 1 aromatic heterocycles. The summed E-state index contributed by atoms with van der Waals surface area (Å²) in [6, 6.07) is 1.24. The number of carbonyl (C=O) groups excluding carboxylic acids is 1. The highest BCUT2D eigenvalue weighted by atomic mass is 127. The van der Waals surface area contributed by atoms with Gasteiger partial charge in [-0.25, -0.2) is 9.18 Å². The van der Waals surface area contributed by atoms with Crippen LogP contribution >= 0.6 is 22.6 Å². The Morgan fingerprint density at radius 1 is 1.55 bits per heavy atom. The SMILES string of the molecule is CCOC(=O)c1c(N)n(CO)c2c(F)cc(I)c(C)c2c1=O. The number of esters is 1. The van der Waals surface area contributed by atoms with Gasteiger partial charge < -0.3 is 20.1 Å². The number of anilines is 1. The zero-order chi connectivity index (χ0) is 16.6. The van der Waals surface area contributed by atoms with Gasteiger partial charge >= 0.3 is 5.97 Å². The number of aromatic nitrogens is 1. The largest absolute Gasteiger partial charge is 0.462 e. The van der Waals surface area contributed by atoms with E-state index in [4.69, 9.17) is 10.5 Å². The van der Waals surface area contributed by atoms with Gasteiger partial charge in [-0.3, -0.25) is 4.79 Å². The molecule has 0 radical (unpaired) electrons. The Hall–Kier alpha value is -1.68. The van der Waals surface area contributed by atoms with E-state index in [0.717, 1.165) is 4.57 Å². The van der Waals surface area contributed by atoms with E-state index in [0.29, 0.717) is 9.13 Å². The lowest BCUT2D eigenvalue weighted by molar-refractivity contribution is 0.0525.